The minimum Gasteiger partial charge on any atom is -0.614 e. The first kappa shape index (κ1) is 13.8. The number of fused-ring (bicyclic) bond motifs is 1. The van der Waals surface area contributed by atoms with Gasteiger partial charge in [0.1, 0.15) is 18.5 Å². The standard InChI is InChI=1S/C9H15NO7S/c1-2-3-18(14)9(11)5-16-7-6(17-10(12)13)4-15-8(7)9/h6-8,11H,2-5H2,1H3/t6-,7-,8+,9-,18-/m1/s1. The van der Waals surface area contributed by atoms with Crippen LogP contribution in [0, 0.1) is 10.1 Å². The zero-order valence-corrected chi connectivity index (χ0v) is 10.6. The molecule has 0 amide bonds. The molecule has 0 spiro atoms. The predicted octanol–water partition coefficient (Wildman–Crippen LogP) is -0.792. The Bertz CT molecular complexity index is 330. The summed E-state index contributed by atoms with van der Waals surface area (Å²) < 4.78 is 22.5. The van der Waals surface area contributed by atoms with Crippen LogP contribution in [-0.2, 0) is 25.5 Å². The lowest BCUT2D eigenvalue weighted by Crippen LogP contribution is -2.51. The van der Waals surface area contributed by atoms with E-state index in [0.29, 0.717) is 12.2 Å². The highest BCUT2D eigenvalue weighted by molar-refractivity contribution is 7.92. The van der Waals surface area contributed by atoms with Crippen molar-refractivity contribution in [3.05, 3.63) is 10.1 Å². The van der Waals surface area contributed by atoms with Crippen molar-refractivity contribution in [2.45, 2.75) is 36.6 Å². The van der Waals surface area contributed by atoms with Crippen molar-refractivity contribution in [2.24, 2.45) is 0 Å². The Balaban J connectivity index is 2.05. The normalized spacial score (nSPS) is 40.5. The average Bonchev–Trinajstić information content (AvgIpc) is 2.83. The summed E-state index contributed by atoms with van der Waals surface area (Å²) in [5, 5.41) is 19.7. The summed E-state index contributed by atoms with van der Waals surface area (Å²) in [4.78, 5) is 13.1. The maximum Gasteiger partial charge on any atom is 0.294 e. The summed E-state index contributed by atoms with van der Waals surface area (Å²) in [6, 6.07) is 0. The van der Waals surface area contributed by atoms with Crippen molar-refractivity contribution in [3.8, 4) is 0 Å². The third kappa shape index (κ3) is 2.28. The molecule has 2 aliphatic rings. The molecule has 104 valence electrons. The SMILES string of the molecule is CCC[S@@+]([O-])[C@]1(O)CO[C@@H]2[C@H](O[N+](=O)[O-])CO[C@@H]21. The van der Waals surface area contributed by atoms with Crippen molar-refractivity contribution < 1.29 is 29.1 Å². The largest absolute Gasteiger partial charge is 0.614 e. The zero-order chi connectivity index (χ0) is 13.3. The van der Waals surface area contributed by atoms with Gasteiger partial charge in [-0.3, -0.25) is 0 Å². The van der Waals surface area contributed by atoms with E-state index in [-0.39, 0.29) is 13.2 Å². The second kappa shape index (κ2) is 5.17. The number of ether oxygens (including phenoxy) is 2. The third-order valence-electron chi connectivity index (χ3n) is 3.04. The van der Waals surface area contributed by atoms with E-state index in [1.54, 1.807) is 0 Å². The molecular weight excluding hydrogens is 266 g/mol. The van der Waals surface area contributed by atoms with Gasteiger partial charge in [-0.2, -0.15) is 0 Å². The number of hydrogen-bond donors (Lipinski definition) is 1. The molecule has 18 heavy (non-hydrogen) atoms. The van der Waals surface area contributed by atoms with Crippen LogP contribution < -0.4 is 0 Å². The quantitative estimate of drug-likeness (QED) is 0.399. The Kier molecular flexibility index (Phi) is 3.97. The Hall–Kier alpha value is -0.610. The molecule has 0 saturated carbocycles. The van der Waals surface area contributed by atoms with Gasteiger partial charge in [0.2, 0.25) is 0 Å². The van der Waals surface area contributed by atoms with Crippen LogP contribution in [0.5, 0.6) is 0 Å². The summed E-state index contributed by atoms with van der Waals surface area (Å²) in [6.45, 7) is 1.64. The van der Waals surface area contributed by atoms with Crippen molar-refractivity contribution in [1.82, 2.24) is 0 Å². The highest BCUT2D eigenvalue weighted by Crippen LogP contribution is 2.39. The van der Waals surface area contributed by atoms with Gasteiger partial charge in [0, 0.05) is 0 Å². The minimum atomic E-state index is -1.60. The Labute approximate surface area is 106 Å². The molecule has 9 heteroatoms. The molecule has 1 N–H and O–H groups in total. The van der Waals surface area contributed by atoms with Gasteiger partial charge in [0.05, 0.1) is 6.61 Å². The number of hydrogen-bond acceptors (Lipinski definition) is 7. The lowest BCUT2D eigenvalue weighted by molar-refractivity contribution is -0.769. The van der Waals surface area contributed by atoms with E-state index in [0.717, 1.165) is 0 Å². The molecule has 0 unspecified atom stereocenters. The summed E-state index contributed by atoms with van der Waals surface area (Å²) in [5.41, 5.74) is 0. The molecule has 2 fully saturated rings. The van der Waals surface area contributed by atoms with Gasteiger partial charge in [-0.15, -0.1) is 10.1 Å². The molecular formula is C9H15NO7S. The smallest absolute Gasteiger partial charge is 0.294 e. The predicted molar refractivity (Wildman–Crippen MR) is 59.6 cm³/mol. The fourth-order valence-corrected chi connectivity index (χ4v) is 3.61. The molecule has 2 heterocycles. The van der Waals surface area contributed by atoms with Crippen LogP contribution in [0.2, 0.25) is 0 Å². The highest BCUT2D eigenvalue weighted by atomic mass is 32.2. The van der Waals surface area contributed by atoms with E-state index in [1.807, 2.05) is 6.92 Å². The molecule has 2 saturated heterocycles. The van der Waals surface area contributed by atoms with E-state index < -0.39 is 39.5 Å². The highest BCUT2D eigenvalue weighted by Gasteiger charge is 2.63. The van der Waals surface area contributed by atoms with Gasteiger partial charge in [-0.05, 0) is 17.6 Å². The molecule has 0 aliphatic carbocycles. The summed E-state index contributed by atoms with van der Waals surface area (Å²) in [5.74, 6) is 0.327. The fraction of sp³-hybridized carbons (Fsp3) is 1.00. The van der Waals surface area contributed by atoms with Gasteiger partial charge >= 0.3 is 0 Å². The van der Waals surface area contributed by atoms with Crippen LogP contribution in [-0.4, -0.2) is 57.0 Å². The summed E-state index contributed by atoms with van der Waals surface area (Å²) in [7, 11) is 0. The van der Waals surface area contributed by atoms with Crippen LogP contribution in [0.4, 0.5) is 0 Å². The minimum absolute atomic E-state index is 0.0536. The van der Waals surface area contributed by atoms with Gasteiger partial charge in [0.25, 0.3) is 10.0 Å². The first-order chi connectivity index (χ1) is 8.49. The fourth-order valence-electron chi connectivity index (χ4n) is 2.22. The molecule has 0 aromatic heterocycles. The number of aliphatic hydroxyl groups is 1. The topological polar surface area (TPSA) is 114 Å². The van der Waals surface area contributed by atoms with Gasteiger partial charge < -0.3 is 24.0 Å². The van der Waals surface area contributed by atoms with Crippen molar-refractivity contribution >= 4 is 11.2 Å². The molecule has 0 aromatic carbocycles. The molecule has 0 bridgehead atoms. The monoisotopic (exact) mass is 281 g/mol. The number of nitrogens with zero attached hydrogens (tertiary/aromatic N) is 1. The first-order valence-corrected chi connectivity index (χ1v) is 6.96. The van der Waals surface area contributed by atoms with Crippen LogP contribution in [0.25, 0.3) is 0 Å². The van der Waals surface area contributed by atoms with Crippen molar-refractivity contribution in [1.29, 1.82) is 0 Å². The molecule has 8 nitrogen and oxygen atoms in total. The van der Waals surface area contributed by atoms with E-state index in [1.165, 1.54) is 0 Å². The zero-order valence-electron chi connectivity index (χ0n) is 9.81. The molecule has 2 rings (SSSR count). The van der Waals surface area contributed by atoms with Crippen LogP contribution in [0.15, 0.2) is 0 Å². The second-order valence-corrected chi connectivity index (χ2v) is 6.10. The number of rotatable bonds is 5. The molecule has 5 atom stereocenters. The average molecular weight is 281 g/mol. The maximum absolute atomic E-state index is 12.0. The van der Waals surface area contributed by atoms with E-state index in [2.05, 4.69) is 4.84 Å². The second-order valence-electron chi connectivity index (χ2n) is 4.29. The van der Waals surface area contributed by atoms with E-state index in [4.69, 9.17) is 9.47 Å². The Morgan fingerprint density at radius 3 is 2.94 bits per heavy atom. The van der Waals surface area contributed by atoms with Crippen LogP contribution in [0.1, 0.15) is 13.3 Å². The van der Waals surface area contributed by atoms with Crippen LogP contribution in [0.3, 0.4) is 0 Å². The van der Waals surface area contributed by atoms with Gasteiger partial charge in [0.15, 0.2) is 12.2 Å². The van der Waals surface area contributed by atoms with E-state index in [9.17, 15) is 19.8 Å². The Morgan fingerprint density at radius 1 is 1.61 bits per heavy atom. The molecule has 0 aromatic rings. The summed E-state index contributed by atoms with van der Waals surface area (Å²) >= 11 is -1.52. The third-order valence-corrected chi connectivity index (χ3v) is 4.95. The molecule has 0 radical (unpaired) electrons. The van der Waals surface area contributed by atoms with Crippen molar-refractivity contribution in [2.75, 3.05) is 19.0 Å². The van der Waals surface area contributed by atoms with Gasteiger partial charge in [-0.1, -0.05) is 6.92 Å². The lowest BCUT2D eigenvalue weighted by Gasteiger charge is -2.28. The first-order valence-electron chi connectivity index (χ1n) is 5.64. The van der Waals surface area contributed by atoms with Crippen LogP contribution >= 0.6 is 0 Å². The lowest BCUT2D eigenvalue weighted by atomic mass is 10.1. The maximum atomic E-state index is 12.0. The molecule has 2 aliphatic heterocycles. The van der Waals surface area contributed by atoms with Crippen molar-refractivity contribution in [3.63, 3.8) is 0 Å². The van der Waals surface area contributed by atoms with Gasteiger partial charge in [-0.25, -0.2) is 0 Å². The van der Waals surface area contributed by atoms with E-state index >= 15 is 0 Å². The Morgan fingerprint density at radius 2 is 2.33 bits per heavy atom. The summed E-state index contributed by atoms with van der Waals surface area (Å²) in [6.07, 6.45) is -1.81.